The van der Waals surface area contributed by atoms with Crippen molar-refractivity contribution >= 4 is 35.4 Å². The molecule has 11 nitrogen and oxygen atoms in total. The monoisotopic (exact) mass is 538 g/mol. The molecule has 0 aliphatic carbocycles. The molecular formula is C25H34N2O9S. The van der Waals surface area contributed by atoms with Gasteiger partial charge in [0.2, 0.25) is 11.8 Å². The van der Waals surface area contributed by atoms with E-state index in [-0.39, 0.29) is 18.4 Å². The lowest BCUT2D eigenvalue weighted by molar-refractivity contribution is -0.136. The summed E-state index contributed by atoms with van der Waals surface area (Å²) in [5.74, 6) is -1.47. The van der Waals surface area contributed by atoms with E-state index in [1.165, 1.54) is 11.8 Å². The minimum Gasteiger partial charge on any atom is -0.379 e. The molecule has 0 bridgehead atoms. The van der Waals surface area contributed by atoms with Crippen LogP contribution in [-0.4, -0.2) is 106 Å². The zero-order valence-corrected chi connectivity index (χ0v) is 21.8. The average Bonchev–Trinajstić information content (AvgIpc) is 3.14. The Labute approximate surface area is 220 Å². The van der Waals surface area contributed by atoms with Crippen molar-refractivity contribution in [3.05, 3.63) is 29.3 Å². The van der Waals surface area contributed by atoms with Gasteiger partial charge in [-0.1, -0.05) is 6.07 Å². The molecule has 3 rings (SSSR count). The average molecular weight is 539 g/mol. The van der Waals surface area contributed by atoms with Crippen molar-refractivity contribution in [2.45, 2.75) is 30.7 Å². The minimum atomic E-state index is -0.976. The molecule has 2 aliphatic rings. The van der Waals surface area contributed by atoms with E-state index in [4.69, 9.17) is 23.7 Å². The van der Waals surface area contributed by atoms with E-state index >= 15 is 0 Å². The van der Waals surface area contributed by atoms with Gasteiger partial charge < -0.3 is 23.7 Å². The van der Waals surface area contributed by atoms with Crippen LogP contribution in [0, 0.1) is 0 Å². The summed E-state index contributed by atoms with van der Waals surface area (Å²) in [5.41, 5.74) is 0.568. The normalized spacial score (nSPS) is 17.4. The van der Waals surface area contributed by atoms with E-state index in [9.17, 15) is 19.2 Å². The number of nitrogens with zero attached hydrogens (tertiary/aromatic N) is 1. The Kier molecular flexibility index (Phi) is 12.5. The lowest BCUT2D eigenvalue weighted by Crippen LogP contribution is -2.54. The third kappa shape index (κ3) is 8.59. The van der Waals surface area contributed by atoms with E-state index in [2.05, 4.69) is 5.32 Å². The number of thioether (sulfide) groups is 1. The van der Waals surface area contributed by atoms with Crippen LogP contribution in [0.1, 0.15) is 40.5 Å². The number of hydrogen-bond acceptors (Lipinski definition) is 10. The van der Waals surface area contributed by atoms with Gasteiger partial charge in [0.05, 0.1) is 70.6 Å². The summed E-state index contributed by atoms with van der Waals surface area (Å²) >= 11 is 1.41. The molecule has 2 aliphatic heterocycles. The number of nitrogens with one attached hydrogen (secondary N) is 1. The molecule has 1 aromatic rings. The van der Waals surface area contributed by atoms with Gasteiger partial charge in [-0.15, -0.1) is 11.8 Å². The molecule has 1 fully saturated rings. The Morgan fingerprint density at radius 2 is 1.43 bits per heavy atom. The highest BCUT2D eigenvalue weighted by molar-refractivity contribution is 7.99. The molecule has 1 atom stereocenters. The fraction of sp³-hybridized carbons (Fsp3) is 0.600. The Morgan fingerprint density at radius 1 is 0.838 bits per heavy atom. The smallest absolute Gasteiger partial charge is 0.263 e. The van der Waals surface area contributed by atoms with Gasteiger partial charge in [0.15, 0.2) is 0 Å². The first-order chi connectivity index (χ1) is 18.0. The number of carbonyl (C=O) groups excluding carboxylic acids is 4. The predicted molar refractivity (Wildman–Crippen MR) is 134 cm³/mol. The molecule has 37 heavy (non-hydrogen) atoms. The topological polar surface area (TPSA) is 130 Å². The van der Waals surface area contributed by atoms with Crippen molar-refractivity contribution < 1.29 is 42.9 Å². The molecule has 0 radical (unpaired) electrons. The highest BCUT2D eigenvalue weighted by Crippen LogP contribution is 2.34. The molecule has 1 unspecified atom stereocenters. The van der Waals surface area contributed by atoms with Gasteiger partial charge in [0, 0.05) is 23.7 Å². The Bertz CT molecular complexity index is 943. The fourth-order valence-corrected chi connectivity index (χ4v) is 4.78. The summed E-state index contributed by atoms with van der Waals surface area (Å²) < 4.78 is 27.0. The maximum absolute atomic E-state index is 13.1. The third-order valence-corrected chi connectivity index (χ3v) is 6.63. The van der Waals surface area contributed by atoms with Crippen molar-refractivity contribution in [3.63, 3.8) is 0 Å². The lowest BCUT2D eigenvalue weighted by atomic mass is 10.0. The van der Waals surface area contributed by atoms with Crippen LogP contribution in [-0.2, 0) is 33.3 Å². The molecule has 204 valence electrons. The lowest BCUT2D eigenvalue weighted by Gasteiger charge is -2.27. The predicted octanol–water partition coefficient (Wildman–Crippen LogP) is 1.28. The van der Waals surface area contributed by atoms with Crippen LogP contribution in [0.4, 0.5) is 0 Å². The summed E-state index contributed by atoms with van der Waals surface area (Å²) in [7, 11) is 0. The molecule has 0 saturated carbocycles. The fourth-order valence-electron chi connectivity index (χ4n) is 3.84. The van der Waals surface area contributed by atoms with E-state index in [1.807, 2.05) is 6.92 Å². The van der Waals surface area contributed by atoms with Gasteiger partial charge >= 0.3 is 0 Å². The van der Waals surface area contributed by atoms with Crippen molar-refractivity contribution in [2.75, 3.05) is 71.8 Å². The van der Waals surface area contributed by atoms with Crippen LogP contribution in [0.3, 0.4) is 0 Å². The summed E-state index contributed by atoms with van der Waals surface area (Å²) in [6.45, 7) is 7.05. The summed E-state index contributed by atoms with van der Waals surface area (Å²) in [4.78, 5) is 51.3. The number of amides is 4. The number of rotatable bonds is 18. The molecule has 1 aromatic carbocycles. The Hall–Kier alpha value is -2.35. The molecule has 1 N–H and O–H groups in total. The maximum Gasteiger partial charge on any atom is 0.263 e. The number of benzene rings is 1. The number of imide groups is 2. The zero-order valence-electron chi connectivity index (χ0n) is 21.0. The number of fused-ring (bicyclic) bond motifs is 1. The molecule has 4 amide bonds. The van der Waals surface area contributed by atoms with Crippen LogP contribution in [0.5, 0.6) is 0 Å². The molecular weight excluding hydrogens is 504 g/mol. The molecule has 2 heterocycles. The van der Waals surface area contributed by atoms with Crippen molar-refractivity contribution in [1.82, 2.24) is 10.2 Å². The molecule has 0 spiro atoms. The molecule has 0 aromatic heterocycles. The largest absolute Gasteiger partial charge is 0.379 e. The van der Waals surface area contributed by atoms with Gasteiger partial charge in [-0.25, -0.2) is 0 Å². The van der Waals surface area contributed by atoms with Crippen LogP contribution >= 0.6 is 11.8 Å². The van der Waals surface area contributed by atoms with E-state index in [0.29, 0.717) is 82.3 Å². The Morgan fingerprint density at radius 3 is 2.03 bits per heavy atom. The second kappa shape index (κ2) is 15.8. The standard InChI is InChI=1S/C25H34N2O9S/c1-2-32-8-9-33-10-11-34-12-13-35-14-15-36-16-17-37-20-5-3-4-18-22(20)25(31)27(24(18)30)19-6-7-21(28)26-23(19)29/h3-5,19H,2,6-17H2,1H3,(H,26,28,29). The van der Waals surface area contributed by atoms with Crippen LogP contribution in [0.25, 0.3) is 0 Å². The van der Waals surface area contributed by atoms with Gasteiger partial charge in [-0.3, -0.25) is 29.4 Å². The van der Waals surface area contributed by atoms with Crippen molar-refractivity contribution in [3.8, 4) is 0 Å². The number of carbonyl (C=O) groups is 4. The molecule has 1 saturated heterocycles. The van der Waals surface area contributed by atoms with E-state index in [1.54, 1.807) is 18.2 Å². The summed E-state index contributed by atoms with van der Waals surface area (Å²) in [5, 5.41) is 2.20. The van der Waals surface area contributed by atoms with Gasteiger partial charge in [-0.2, -0.15) is 0 Å². The first kappa shape index (κ1) is 29.2. The van der Waals surface area contributed by atoms with Crippen LogP contribution < -0.4 is 5.32 Å². The van der Waals surface area contributed by atoms with Gasteiger partial charge in [0.25, 0.3) is 11.8 Å². The highest BCUT2D eigenvalue weighted by Gasteiger charge is 2.45. The zero-order chi connectivity index (χ0) is 26.5. The first-order valence-corrected chi connectivity index (χ1v) is 13.4. The summed E-state index contributed by atoms with van der Waals surface area (Å²) in [6.07, 6.45) is 0.216. The third-order valence-electron chi connectivity index (χ3n) is 5.61. The highest BCUT2D eigenvalue weighted by atomic mass is 32.2. The van der Waals surface area contributed by atoms with Crippen molar-refractivity contribution in [2.24, 2.45) is 0 Å². The SMILES string of the molecule is CCOCCOCCOCCOCCOCCSc1cccc2c1C(=O)N(C1CCC(=O)NC1=O)C2=O. The summed E-state index contributed by atoms with van der Waals surface area (Å²) in [6, 6.07) is 4.09. The number of piperidine rings is 1. The Balaban J connectivity index is 1.29. The number of hydrogen-bond donors (Lipinski definition) is 1. The van der Waals surface area contributed by atoms with Gasteiger partial charge in [0.1, 0.15) is 6.04 Å². The van der Waals surface area contributed by atoms with E-state index < -0.39 is 29.7 Å². The van der Waals surface area contributed by atoms with Gasteiger partial charge in [-0.05, 0) is 25.5 Å². The first-order valence-electron chi connectivity index (χ1n) is 12.4. The van der Waals surface area contributed by atoms with Crippen LogP contribution in [0.15, 0.2) is 23.1 Å². The second-order valence-corrected chi connectivity index (χ2v) is 9.26. The maximum atomic E-state index is 13.1. The van der Waals surface area contributed by atoms with E-state index in [0.717, 1.165) is 4.90 Å². The second-order valence-electron chi connectivity index (χ2n) is 8.12. The molecule has 12 heteroatoms. The quantitative estimate of drug-likeness (QED) is 0.166. The number of ether oxygens (including phenoxy) is 5. The van der Waals surface area contributed by atoms with Crippen molar-refractivity contribution in [1.29, 1.82) is 0 Å². The van der Waals surface area contributed by atoms with Crippen LogP contribution in [0.2, 0.25) is 0 Å². The minimum absolute atomic E-state index is 0.0871.